The van der Waals surface area contributed by atoms with E-state index in [-0.39, 0.29) is 31.5 Å². The minimum Gasteiger partial charge on any atom is -0.392 e. The Kier molecular flexibility index (Phi) is 5.08. The van der Waals surface area contributed by atoms with E-state index in [0.29, 0.717) is 17.5 Å². The molecule has 0 saturated carbocycles. The number of rotatable bonds is 3. The molecule has 2 atom stereocenters. The first-order valence-electron chi connectivity index (χ1n) is 7.09. The van der Waals surface area contributed by atoms with Gasteiger partial charge in [-0.05, 0) is 37.6 Å². The second-order valence-corrected chi connectivity index (χ2v) is 5.60. The summed E-state index contributed by atoms with van der Waals surface area (Å²) in [7, 11) is 1.42. The second-order valence-electron chi connectivity index (χ2n) is 5.60. The van der Waals surface area contributed by atoms with Gasteiger partial charge in [-0.1, -0.05) is 12.1 Å². The summed E-state index contributed by atoms with van der Waals surface area (Å²) < 4.78 is 38.3. The van der Waals surface area contributed by atoms with Gasteiger partial charge in [0, 0.05) is 18.2 Å². The van der Waals surface area contributed by atoms with Crippen molar-refractivity contribution < 1.29 is 23.1 Å². The van der Waals surface area contributed by atoms with Crippen LogP contribution in [-0.2, 0) is 6.61 Å². The van der Waals surface area contributed by atoms with Crippen molar-refractivity contribution in [1.29, 1.82) is 0 Å². The first-order chi connectivity index (χ1) is 10.3. The number of halogens is 3. The highest BCUT2D eigenvalue weighted by Crippen LogP contribution is 2.30. The third kappa shape index (κ3) is 3.98. The smallest absolute Gasteiger partial charge is 0.392 e. The largest absolute Gasteiger partial charge is 0.404 e. The molecule has 0 aliphatic carbocycles. The molecule has 0 aromatic heterocycles. The van der Waals surface area contributed by atoms with E-state index in [1.807, 2.05) is 0 Å². The standard InChI is InChI=1S/C15H19F3N2O2/c1-20-8-12(5-6-13(20)15(16,17)18)19-14(22)11-4-2-3-10(7-11)9-21/h2-4,7,12-13,21H,5-6,8-9H2,1H3,(H,19,22)/t12-,13+/m1/s1. The van der Waals surface area contributed by atoms with Crippen molar-refractivity contribution in [2.75, 3.05) is 13.6 Å². The lowest BCUT2D eigenvalue weighted by molar-refractivity contribution is -0.188. The first kappa shape index (κ1) is 16.8. The molecule has 0 spiro atoms. The van der Waals surface area contributed by atoms with E-state index >= 15 is 0 Å². The van der Waals surface area contributed by atoms with Gasteiger partial charge in [-0.25, -0.2) is 0 Å². The number of nitrogens with zero attached hydrogens (tertiary/aromatic N) is 1. The lowest BCUT2D eigenvalue weighted by Crippen LogP contribution is -2.54. The molecular weight excluding hydrogens is 297 g/mol. The number of nitrogens with one attached hydrogen (secondary N) is 1. The van der Waals surface area contributed by atoms with E-state index in [1.165, 1.54) is 11.9 Å². The summed E-state index contributed by atoms with van der Waals surface area (Å²) in [4.78, 5) is 13.4. The van der Waals surface area contributed by atoms with Crippen LogP contribution in [0.1, 0.15) is 28.8 Å². The van der Waals surface area contributed by atoms with Crippen molar-refractivity contribution >= 4 is 5.91 Å². The van der Waals surface area contributed by atoms with Crippen LogP contribution in [0, 0.1) is 0 Å². The van der Waals surface area contributed by atoms with Gasteiger partial charge >= 0.3 is 6.18 Å². The van der Waals surface area contributed by atoms with Gasteiger partial charge in [-0.3, -0.25) is 9.69 Å². The Morgan fingerprint density at radius 2 is 2.14 bits per heavy atom. The monoisotopic (exact) mass is 316 g/mol. The van der Waals surface area contributed by atoms with Gasteiger partial charge in [0.25, 0.3) is 5.91 Å². The Morgan fingerprint density at radius 1 is 1.41 bits per heavy atom. The fourth-order valence-electron chi connectivity index (χ4n) is 2.76. The van der Waals surface area contributed by atoms with E-state index in [4.69, 9.17) is 5.11 Å². The number of benzene rings is 1. The molecule has 1 saturated heterocycles. The zero-order valence-corrected chi connectivity index (χ0v) is 12.2. The number of hydrogen-bond donors (Lipinski definition) is 2. The molecule has 1 aromatic carbocycles. The quantitative estimate of drug-likeness (QED) is 0.896. The molecule has 0 unspecified atom stereocenters. The van der Waals surface area contributed by atoms with Crippen LogP contribution in [0.25, 0.3) is 0 Å². The molecule has 1 aliphatic rings. The molecule has 2 N–H and O–H groups in total. The number of hydrogen-bond acceptors (Lipinski definition) is 3. The minimum atomic E-state index is -4.24. The van der Waals surface area contributed by atoms with Gasteiger partial charge in [0.1, 0.15) is 6.04 Å². The highest BCUT2D eigenvalue weighted by atomic mass is 19.4. The van der Waals surface area contributed by atoms with Gasteiger partial charge in [0.15, 0.2) is 0 Å². The van der Waals surface area contributed by atoms with Gasteiger partial charge in [0.05, 0.1) is 6.61 Å². The predicted molar refractivity (Wildman–Crippen MR) is 75.3 cm³/mol. The molecule has 1 aromatic rings. The molecule has 1 amide bonds. The summed E-state index contributed by atoms with van der Waals surface area (Å²) in [6.07, 6.45) is -3.97. The predicted octanol–water partition coefficient (Wildman–Crippen LogP) is 1.93. The Balaban J connectivity index is 1.96. The van der Waals surface area contributed by atoms with Crippen molar-refractivity contribution in [2.45, 2.75) is 37.7 Å². The molecule has 1 fully saturated rings. The summed E-state index contributed by atoms with van der Waals surface area (Å²) in [5.41, 5.74) is 1.01. The normalized spacial score (nSPS) is 23.3. The average Bonchev–Trinajstić information content (AvgIpc) is 2.46. The maximum Gasteiger partial charge on any atom is 0.404 e. The fraction of sp³-hybridized carbons (Fsp3) is 0.533. The molecule has 1 aliphatic heterocycles. The van der Waals surface area contributed by atoms with E-state index in [1.54, 1.807) is 24.3 Å². The number of piperidine rings is 1. The van der Waals surface area contributed by atoms with Crippen molar-refractivity contribution in [3.63, 3.8) is 0 Å². The molecule has 0 bridgehead atoms. The Bertz CT molecular complexity index is 534. The van der Waals surface area contributed by atoms with E-state index < -0.39 is 12.2 Å². The first-order valence-corrected chi connectivity index (χ1v) is 7.09. The van der Waals surface area contributed by atoms with Crippen molar-refractivity contribution in [2.24, 2.45) is 0 Å². The average molecular weight is 316 g/mol. The molecule has 0 radical (unpaired) electrons. The van der Waals surface area contributed by atoms with Crippen LogP contribution in [0.5, 0.6) is 0 Å². The van der Waals surface area contributed by atoms with Crippen LogP contribution < -0.4 is 5.32 Å². The molecule has 22 heavy (non-hydrogen) atoms. The third-order valence-corrected chi connectivity index (χ3v) is 3.91. The van der Waals surface area contributed by atoms with Gasteiger partial charge < -0.3 is 10.4 Å². The van der Waals surface area contributed by atoms with Crippen LogP contribution >= 0.6 is 0 Å². The van der Waals surface area contributed by atoms with E-state index in [0.717, 1.165) is 0 Å². The molecule has 1 heterocycles. The van der Waals surface area contributed by atoms with E-state index in [2.05, 4.69) is 5.32 Å². The summed E-state index contributed by atoms with van der Waals surface area (Å²) in [6.45, 7) is -0.00381. The van der Waals surface area contributed by atoms with Crippen molar-refractivity contribution in [3.05, 3.63) is 35.4 Å². The number of amides is 1. The zero-order valence-electron chi connectivity index (χ0n) is 12.2. The number of likely N-dealkylation sites (tertiary alicyclic amines) is 1. The van der Waals surface area contributed by atoms with Crippen molar-refractivity contribution in [1.82, 2.24) is 10.2 Å². The van der Waals surface area contributed by atoms with Crippen LogP contribution in [-0.4, -0.2) is 47.8 Å². The summed E-state index contributed by atoms with van der Waals surface area (Å²) >= 11 is 0. The minimum absolute atomic E-state index is 0.0262. The van der Waals surface area contributed by atoms with Gasteiger partial charge in [-0.15, -0.1) is 0 Å². The Morgan fingerprint density at radius 3 is 2.73 bits per heavy atom. The van der Waals surface area contributed by atoms with Gasteiger partial charge in [0.2, 0.25) is 0 Å². The molecule has 7 heteroatoms. The molecule has 122 valence electrons. The third-order valence-electron chi connectivity index (χ3n) is 3.91. The fourth-order valence-corrected chi connectivity index (χ4v) is 2.76. The Hall–Kier alpha value is -1.60. The highest BCUT2D eigenvalue weighted by molar-refractivity contribution is 5.94. The summed E-state index contributed by atoms with van der Waals surface area (Å²) in [5, 5.41) is 11.8. The van der Waals surface area contributed by atoms with Crippen LogP contribution in [0.3, 0.4) is 0 Å². The van der Waals surface area contributed by atoms with Crippen molar-refractivity contribution in [3.8, 4) is 0 Å². The zero-order chi connectivity index (χ0) is 16.3. The molecule has 4 nitrogen and oxygen atoms in total. The molecular formula is C15H19F3N2O2. The Labute approximate surface area is 126 Å². The number of aliphatic hydroxyl groups is 1. The maximum absolute atomic E-state index is 12.8. The highest BCUT2D eigenvalue weighted by Gasteiger charge is 2.44. The van der Waals surface area contributed by atoms with Crippen LogP contribution in [0.15, 0.2) is 24.3 Å². The second kappa shape index (κ2) is 6.66. The number of alkyl halides is 3. The molecule has 2 rings (SSSR count). The van der Waals surface area contributed by atoms with Gasteiger partial charge in [-0.2, -0.15) is 13.2 Å². The summed E-state index contributed by atoms with van der Waals surface area (Å²) in [5.74, 6) is -0.334. The maximum atomic E-state index is 12.8. The number of carbonyl (C=O) groups is 1. The SMILES string of the molecule is CN1C[C@H](NC(=O)c2cccc(CO)c2)CC[C@H]1C(F)(F)F. The topological polar surface area (TPSA) is 52.6 Å². The lowest BCUT2D eigenvalue weighted by Gasteiger charge is -2.38. The lowest BCUT2D eigenvalue weighted by atomic mass is 9.98. The number of likely N-dealkylation sites (N-methyl/N-ethyl adjacent to an activating group) is 1. The van der Waals surface area contributed by atoms with Crippen LogP contribution in [0.2, 0.25) is 0 Å². The van der Waals surface area contributed by atoms with E-state index in [9.17, 15) is 18.0 Å². The number of aliphatic hydroxyl groups excluding tert-OH is 1. The van der Waals surface area contributed by atoms with Crippen LogP contribution in [0.4, 0.5) is 13.2 Å². The number of carbonyl (C=O) groups excluding carboxylic acids is 1. The summed E-state index contributed by atoms with van der Waals surface area (Å²) in [6, 6.07) is 4.78.